The Morgan fingerprint density at radius 3 is 2.75 bits per heavy atom. The number of carbonyl (C=O) groups excluding carboxylic acids is 1. The van der Waals surface area contributed by atoms with Gasteiger partial charge in [-0.15, -0.1) is 5.10 Å². The van der Waals surface area contributed by atoms with Crippen LogP contribution in [0.2, 0.25) is 0 Å². The van der Waals surface area contributed by atoms with Crippen molar-refractivity contribution in [3.63, 3.8) is 0 Å². The third-order valence-electron chi connectivity index (χ3n) is 3.09. The number of rotatable bonds is 4. The lowest BCUT2D eigenvalue weighted by molar-refractivity contribution is -0.132. The number of aromatic nitrogens is 4. The van der Waals surface area contributed by atoms with Crippen LogP contribution in [-0.4, -0.2) is 38.1 Å². The Hall–Kier alpha value is -2.38. The quantitative estimate of drug-likeness (QED) is 0.844. The maximum absolute atomic E-state index is 13.2. The van der Waals surface area contributed by atoms with Crippen LogP contribution in [0.25, 0.3) is 0 Å². The molecule has 8 heteroatoms. The van der Waals surface area contributed by atoms with Crippen molar-refractivity contribution >= 4 is 5.91 Å². The molecule has 6 nitrogen and oxygen atoms in total. The van der Waals surface area contributed by atoms with Crippen LogP contribution in [0.5, 0.6) is 0 Å². The molecule has 2 rings (SSSR count). The third-order valence-corrected chi connectivity index (χ3v) is 3.09. The SMILES string of the molecule is CC(c1ccc(F)c(F)c1)N(C)C(=O)Cn1cnnn1. The minimum Gasteiger partial charge on any atom is -0.337 e. The molecule has 0 N–H and O–H groups in total. The Morgan fingerprint density at radius 1 is 1.40 bits per heavy atom. The molecule has 1 amide bonds. The van der Waals surface area contributed by atoms with Crippen molar-refractivity contribution in [2.45, 2.75) is 19.5 Å². The second-order valence-corrected chi connectivity index (χ2v) is 4.36. The first-order valence-corrected chi connectivity index (χ1v) is 5.90. The van der Waals surface area contributed by atoms with E-state index in [1.54, 1.807) is 14.0 Å². The zero-order valence-corrected chi connectivity index (χ0v) is 11.0. The maximum atomic E-state index is 13.2. The van der Waals surface area contributed by atoms with Gasteiger partial charge in [0.15, 0.2) is 11.6 Å². The number of hydrogen-bond donors (Lipinski definition) is 0. The molecule has 2 aromatic rings. The average molecular weight is 281 g/mol. The van der Waals surface area contributed by atoms with E-state index in [0.29, 0.717) is 5.56 Å². The average Bonchev–Trinajstić information content (AvgIpc) is 2.93. The Labute approximate surface area is 114 Å². The van der Waals surface area contributed by atoms with Crippen LogP contribution in [0.15, 0.2) is 24.5 Å². The Bertz CT molecular complexity index is 602. The Balaban J connectivity index is 2.09. The third kappa shape index (κ3) is 2.95. The van der Waals surface area contributed by atoms with Gasteiger partial charge in [0.05, 0.1) is 6.04 Å². The summed E-state index contributed by atoms with van der Waals surface area (Å²) in [5.41, 5.74) is 0.511. The van der Waals surface area contributed by atoms with E-state index >= 15 is 0 Å². The van der Waals surface area contributed by atoms with Gasteiger partial charge in [0.25, 0.3) is 0 Å². The molecule has 0 aliphatic heterocycles. The zero-order valence-electron chi connectivity index (χ0n) is 11.0. The predicted octanol–water partition coefficient (Wildman–Crippen LogP) is 1.17. The highest BCUT2D eigenvalue weighted by atomic mass is 19.2. The molecule has 0 saturated carbocycles. The normalized spacial score (nSPS) is 12.2. The molecule has 1 unspecified atom stereocenters. The summed E-state index contributed by atoms with van der Waals surface area (Å²) in [6, 6.07) is 3.18. The summed E-state index contributed by atoms with van der Waals surface area (Å²) < 4.78 is 27.4. The summed E-state index contributed by atoms with van der Waals surface area (Å²) in [5.74, 6) is -2.09. The summed E-state index contributed by atoms with van der Waals surface area (Å²) in [4.78, 5) is 13.4. The van der Waals surface area contributed by atoms with Crippen molar-refractivity contribution in [3.8, 4) is 0 Å². The minimum atomic E-state index is -0.935. The first-order valence-electron chi connectivity index (χ1n) is 5.90. The molecule has 1 heterocycles. The number of nitrogens with zero attached hydrogens (tertiary/aromatic N) is 5. The van der Waals surface area contributed by atoms with E-state index < -0.39 is 17.7 Å². The van der Waals surface area contributed by atoms with Gasteiger partial charge in [0, 0.05) is 7.05 Å². The van der Waals surface area contributed by atoms with Gasteiger partial charge in [0.2, 0.25) is 5.91 Å². The summed E-state index contributed by atoms with van der Waals surface area (Å²) in [6.45, 7) is 1.71. The molecule has 1 atom stereocenters. The lowest BCUT2D eigenvalue weighted by atomic mass is 10.1. The van der Waals surface area contributed by atoms with Gasteiger partial charge in [0.1, 0.15) is 12.9 Å². The molecule has 1 aromatic carbocycles. The standard InChI is InChI=1S/C12H13F2N5O/c1-8(9-3-4-10(13)11(14)5-9)18(2)12(20)6-19-7-15-16-17-19/h3-5,7-8H,6H2,1-2H3. The van der Waals surface area contributed by atoms with Crippen LogP contribution in [0.4, 0.5) is 8.78 Å². The molecule has 106 valence electrons. The van der Waals surface area contributed by atoms with Gasteiger partial charge >= 0.3 is 0 Å². The van der Waals surface area contributed by atoms with Gasteiger partial charge in [-0.2, -0.15) is 0 Å². The van der Waals surface area contributed by atoms with Crippen LogP contribution in [0, 0.1) is 11.6 Å². The lowest BCUT2D eigenvalue weighted by Crippen LogP contribution is -2.32. The zero-order chi connectivity index (χ0) is 14.7. The van der Waals surface area contributed by atoms with Gasteiger partial charge in [-0.3, -0.25) is 4.79 Å². The smallest absolute Gasteiger partial charge is 0.244 e. The summed E-state index contributed by atoms with van der Waals surface area (Å²) in [6.07, 6.45) is 1.33. The fraction of sp³-hybridized carbons (Fsp3) is 0.333. The van der Waals surface area contributed by atoms with Crippen molar-refractivity contribution in [2.75, 3.05) is 7.05 Å². The molecular weight excluding hydrogens is 268 g/mol. The molecule has 0 radical (unpaired) electrons. The maximum Gasteiger partial charge on any atom is 0.244 e. The lowest BCUT2D eigenvalue weighted by Gasteiger charge is -2.25. The van der Waals surface area contributed by atoms with Crippen molar-refractivity contribution in [1.82, 2.24) is 25.1 Å². The van der Waals surface area contributed by atoms with Gasteiger partial charge in [-0.1, -0.05) is 6.07 Å². The number of amides is 1. The topological polar surface area (TPSA) is 63.9 Å². The minimum absolute atomic E-state index is 0.0164. The number of halogens is 2. The van der Waals surface area contributed by atoms with E-state index in [9.17, 15) is 13.6 Å². The van der Waals surface area contributed by atoms with Crippen LogP contribution in [-0.2, 0) is 11.3 Å². The first-order chi connectivity index (χ1) is 9.49. The van der Waals surface area contributed by atoms with Crippen molar-refractivity contribution in [3.05, 3.63) is 41.7 Å². The van der Waals surface area contributed by atoms with Crippen molar-refractivity contribution < 1.29 is 13.6 Å². The Kier molecular flexibility index (Phi) is 4.02. The van der Waals surface area contributed by atoms with Crippen molar-refractivity contribution in [1.29, 1.82) is 0 Å². The number of benzene rings is 1. The van der Waals surface area contributed by atoms with Crippen LogP contribution in [0.3, 0.4) is 0 Å². The number of tetrazole rings is 1. The molecule has 0 spiro atoms. The van der Waals surface area contributed by atoms with E-state index in [4.69, 9.17) is 0 Å². The summed E-state index contributed by atoms with van der Waals surface area (Å²) in [7, 11) is 1.58. The van der Waals surface area contributed by atoms with E-state index in [2.05, 4.69) is 15.5 Å². The fourth-order valence-electron chi connectivity index (χ4n) is 1.71. The number of hydrogen-bond acceptors (Lipinski definition) is 4. The number of likely N-dealkylation sites (N-methyl/N-ethyl adjacent to an activating group) is 1. The molecule has 0 fully saturated rings. The highest BCUT2D eigenvalue weighted by Crippen LogP contribution is 2.21. The fourth-order valence-corrected chi connectivity index (χ4v) is 1.71. The first kappa shape index (κ1) is 14.0. The Morgan fingerprint density at radius 2 is 2.15 bits per heavy atom. The molecular formula is C12H13F2N5O. The molecule has 0 aliphatic carbocycles. The monoisotopic (exact) mass is 281 g/mol. The highest BCUT2D eigenvalue weighted by molar-refractivity contribution is 5.76. The van der Waals surface area contributed by atoms with E-state index in [0.717, 1.165) is 12.1 Å². The summed E-state index contributed by atoms with van der Waals surface area (Å²) >= 11 is 0. The molecule has 20 heavy (non-hydrogen) atoms. The molecule has 1 aromatic heterocycles. The van der Waals surface area contributed by atoms with Crippen LogP contribution in [0.1, 0.15) is 18.5 Å². The second kappa shape index (κ2) is 5.72. The summed E-state index contributed by atoms with van der Waals surface area (Å²) in [5, 5.41) is 10.5. The van der Waals surface area contributed by atoms with Crippen LogP contribution < -0.4 is 0 Å². The largest absolute Gasteiger partial charge is 0.337 e. The van der Waals surface area contributed by atoms with E-state index in [1.807, 2.05) is 0 Å². The molecule has 0 aliphatic rings. The number of carbonyl (C=O) groups is 1. The van der Waals surface area contributed by atoms with Gasteiger partial charge in [-0.25, -0.2) is 13.5 Å². The van der Waals surface area contributed by atoms with Crippen LogP contribution >= 0.6 is 0 Å². The van der Waals surface area contributed by atoms with Gasteiger partial charge < -0.3 is 4.90 Å². The second-order valence-electron chi connectivity index (χ2n) is 4.36. The molecule has 0 bridgehead atoms. The van der Waals surface area contributed by atoms with E-state index in [-0.39, 0.29) is 12.5 Å². The van der Waals surface area contributed by atoms with Crippen molar-refractivity contribution in [2.24, 2.45) is 0 Å². The predicted molar refractivity (Wildman–Crippen MR) is 65.4 cm³/mol. The van der Waals surface area contributed by atoms with E-state index in [1.165, 1.54) is 22.0 Å². The highest BCUT2D eigenvalue weighted by Gasteiger charge is 2.19. The molecule has 0 saturated heterocycles. The van der Waals surface area contributed by atoms with Gasteiger partial charge in [-0.05, 0) is 35.0 Å².